The molecule has 3 aromatic heterocycles. The summed E-state index contributed by atoms with van der Waals surface area (Å²) in [7, 11) is 1.84. The zero-order valence-corrected chi connectivity index (χ0v) is 15.4. The first-order valence-corrected chi connectivity index (χ1v) is 8.82. The summed E-state index contributed by atoms with van der Waals surface area (Å²) in [4.78, 5) is 20.9. The van der Waals surface area contributed by atoms with Gasteiger partial charge in [0.2, 0.25) is 17.6 Å². The molecule has 0 radical (unpaired) electrons. The quantitative estimate of drug-likeness (QED) is 0.527. The van der Waals surface area contributed by atoms with Gasteiger partial charge in [-0.15, -0.1) is 0 Å². The number of fused-ring (bicyclic) bond motifs is 1. The first-order chi connectivity index (χ1) is 13.5. The van der Waals surface area contributed by atoms with Crippen molar-refractivity contribution in [3.63, 3.8) is 0 Å². The van der Waals surface area contributed by atoms with Crippen molar-refractivity contribution in [1.29, 1.82) is 0 Å². The Labute approximate surface area is 160 Å². The number of aromatic nitrogens is 4. The van der Waals surface area contributed by atoms with E-state index < -0.39 is 6.10 Å². The fraction of sp³-hybridized carbons (Fsp3) is 0.263. The lowest BCUT2D eigenvalue weighted by Gasteiger charge is -2.05. The van der Waals surface area contributed by atoms with Crippen LogP contribution in [0.2, 0.25) is 0 Å². The van der Waals surface area contributed by atoms with Crippen LogP contribution in [-0.2, 0) is 18.3 Å². The van der Waals surface area contributed by atoms with Crippen LogP contribution in [0.5, 0.6) is 0 Å². The minimum absolute atomic E-state index is 0.177. The molecule has 1 atom stereocenters. The van der Waals surface area contributed by atoms with Crippen LogP contribution in [0.25, 0.3) is 22.6 Å². The fourth-order valence-corrected chi connectivity index (χ4v) is 2.98. The monoisotopic (exact) mass is 381 g/mol. The third-order valence-electron chi connectivity index (χ3n) is 4.35. The predicted octanol–water partition coefficient (Wildman–Crippen LogP) is 2.84. The number of hydrogen-bond donors (Lipinski definition) is 2. The molecule has 0 fully saturated rings. The third-order valence-corrected chi connectivity index (χ3v) is 4.35. The number of nitrogens with zero attached hydrogens (tertiary/aromatic N) is 4. The van der Waals surface area contributed by atoms with Crippen LogP contribution in [0.4, 0.5) is 5.69 Å². The Kier molecular flexibility index (Phi) is 4.66. The van der Waals surface area contributed by atoms with E-state index in [9.17, 15) is 9.90 Å². The molecule has 0 saturated carbocycles. The number of anilines is 1. The molecule has 9 nitrogen and oxygen atoms in total. The summed E-state index contributed by atoms with van der Waals surface area (Å²) in [6.07, 6.45) is 1.37. The molecule has 0 spiro atoms. The maximum atomic E-state index is 12.3. The van der Waals surface area contributed by atoms with E-state index in [0.717, 1.165) is 5.52 Å². The maximum absolute atomic E-state index is 12.3. The van der Waals surface area contributed by atoms with Crippen LogP contribution >= 0.6 is 0 Å². The third kappa shape index (κ3) is 3.52. The zero-order chi connectivity index (χ0) is 19.7. The van der Waals surface area contributed by atoms with E-state index in [1.54, 1.807) is 31.2 Å². The molecule has 28 heavy (non-hydrogen) atoms. The summed E-state index contributed by atoms with van der Waals surface area (Å²) in [5.41, 5.74) is 2.22. The molecule has 0 saturated heterocycles. The lowest BCUT2D eigenvalue weighted by atomic mass is 10.2. The number of nitrogens with one attached hydrogen (secondary N) is 1. The number of benzene rings is 1. The van der Waals surface area contributed by atoms with Crippen molar-refractivity contribution in [2.24, 2.45) is 7.05 Å². The van der Waals surface area contributed by atoms with E-state index in [0.29, 0.717) is 40.9 Å². The number of aliphatic hydroxyl groups excluding tert-OH is 1. The second-order valence-corrected chi connectivity index (χ2v) is 6.45. The molecule has 4 rings (SSSR count). The van der Waals surface area contributed by atoms with Crippen LogP contribution in [0.15, 0.2) is 45.5 Å². The van der Waals surface area contributed by atoms with Crippen molar-refractivity contribution in [3.8, 4) is 11.6 Å². The van der Waals surface area contributed by atoms with Gasteiger partial charge < -0.3 is 23.9 Å². The van der Waals surface area contributed by atoms with Gasteiger partial charge in [-0.25, -0.2) is 4.98 Å². The predicted molar refractivity (Wildman–Crippen MR) is 100 cm³/mol. The van der Waals surface area contributed by atoms with E-state index in [1.165, 1.54) is 6.26 Å². The Hall–Kier alpha value is -3.46. The molecule has 0 bridgehead atoms. The lowest BCUT2D eigenvalue weighted by Crippen LogP contribution is -2.12. The van der Waals surface area contributed by atoms with Crippen LogP contribution < -0.4 is 5.32 Å². The van der Waals surface area contributed by atoms with Gasteiger partial charge in [-0.05, 0) is 37.3 Å². The van der Waals surface area contributed by atoms with Crippen molar-refractivity contribution < 1.29 is 18.8 Å². The van der Waals surface area contributed by atoms with Gasteiger partial charge in [0, 0.05) is 25.6 Å². The van der Waals surface area contributed by atoms with Gasteiger partial charge in [-0.3, -0.25) is 4.79 Å². The number of aryl methyl sites for hydroxylation is 2. The summed E-state index contributed by atoms with van der Waals surface area (Å²) >= 11 is 0. The van der Waals surface area contributed by atoms with E-state index in [1.807, 2.05) is 17.7 Å². The van der Waals surface area contributed by atoms with Gasteiger partial charge in [0.15, 0.2) is 5.76 Å². The van der Waals surface area contributed by atoms with Gasteiger partial charge in [0.1, 0.15) is 11.9 Å². The van der Waals surface area contributed by atoms with Crippen molar-refractivity contribution in [2.45, 2.75) is 25.9 Å². The number of rotatable bonds is 6. The highest BCUT2D eigenvalue weighted by Gasteiger charge is 2.14. The molecule has 4 aromatic rings. The van der Waals surface area contributed by atoms with Crippen molar-refractivity contribution in [1.82, 2.24) is 19.7 Å². The van der Waals surface area contributed by atoms with Crippen LogP contribution in [0.3, 0.4) is 0 Å². The zero-order valence-electron chi connectivity index (χ0n) is 15.4. The smallest absolute Gasteiger partial charge is 0.238 e. The fourth-order valence-electron chi connectivity index (χ4n) is 2.98. The van der Waals surface area contributed by atoms with Gasteiger partial charge in [0.05, 0.1) is 17.3 Å². The molecule has 2 N–H and O–H groups in total. The Morgan fingerprint density at radius 1 is 1.32 bits per heavy atom. The summed E-state index contributed by atoms with van der Waals surface area (Å²) in [6, 6.07) is 8.91. The standard InChI is InChI=1S/C19H19N5O4/c1-11(25)19-21-13-10-12(5-6-14(13)24(19)2)20-16(26)7-8-17-22-18(23-28-17)15-4-3-9-27-15/h3-6,9-11,25H,7-8H2,1-2H3,(H,20,26). The average molecular weight is 381 g/mol. The molecular weight excluding hydrogens is 362 g/mol. The molecule has 0 aliphatic rings. The Morgan fingerprint density at radius 3 is 2.93 bits per heavy atom. The molecule has 1 aromatic carbocycles. The highest BCUT2D eigenvalue weighted by molar-refractivity contribution is 5.93. The summed E-state index contributed by atoms with van der Waals surface area (Å²) in [5.74, 6) is 1.63. The second-order valence-electron chi connectivity index (χ2n) is 6.45. The minimum atomic E-state index is -0.670. The number of amides is 1. The average Bonchev–Trinajstić information content (AvgIpc) is 3.40. The molecule has 3 heterocycles. The van der Waals surface area contributed by atoms with E-state index in [4.69, 9.17) is 8.94 Å². The van der Waals surface area contributed by atoms with Crippen molar-refractivity contribution in [3.05, 3.63) is 48.3 Å². The molecule has 1 amide bonds. The first kappa shape index (κ1) is 17.9. The maximum Gasteiger partial charge on any atom is 0.238 e. The number of furan rings is 1. The summed E-state index contributed by atoms with van der Waals surface area (Å²) in [6.45, 7) is 1.67. The normalized spacial score (nSPS) is 12.4. The first-order valence-electron chi connectivity index (χ1n) is 8.82. The van der Waals surface area contributed by atoms with Gasteiger partial charge in [-0.1, -0.05) is 5.16 Å². The topological polar surface area (TPSA) is 119 Å². The van der Waals surface area contributed by atoms with E-state index in [-0.39, 0.29) is 12.3 Å². The Bertz CT molecular complexity index is 1110. The van der Waals surface area contributed by atoms with Crippen molar-refractivity contribution >= 4 is 22.6 Å². The highest BCUT2D eigenvalue weighted by Crippen LogP contribution is 2.23. The largest absolute Gasteiger partial charge is 0.461 e. The van der Waals surface area contributed by atoms with E-state index in [2.05, 4.69) is 20.4 Å². The van der Waals surface area contributed by atoms with Crippen LogP contribution in [0.1, 0.15) is 31.2 Å². The minimum Gasteiger partial charge on any atom is -0.461 e. The van der Waals surface area contributed by atoms with Gasteiger partial charge in [-0.2, -0.15) is 4.98 Å². The SMILES string of the molecule is CC(O)c1nc2cc(NC(=O)CCc3nc(-c4ccco4)no3)ccc2n1C. The van der Waals surface area contributed by atoms with Gasteiger partial charge in [0.25, 0.3) is 0 Å². The molecule has 0 aliphatic heterocycles. The number of aliphatic hydroxyl groups is 1. The Balaban J connectivity index is 1.40. The number of imidazole rings is 1. The van der Waals surface area contributed by atoms with Crippen LogP contribution in [0, 0.1) is 0 Å². The Morgan fingerprint density at radius 2 is 2.18 bits per heavy atom. The summed E-state index contributed by atoms with van der Waals surface area (Å²) < 4.78 is 12.2. The summed E-state index contributed by atoms with van der Waals surface area (Å²) in [5, 5.41) is 16.5. The molecule has 144 valence electrons. The molecule has 1 unspecified atom stereocenters. The number of carbonyl (C=O) groups excluding carboxylic acids is 1. The second kappa shape index (κ2) is 7.28. The van der Waals surface area contributed by atoms with Crippen LogP contribution in [-0.4, -0.2) is 30.7 Å². The van der Waals surface area contributed by atoms with E-state index >= 15 is 0 Å². The lowest BCUT2D eigenvalue weighted by molar-refractivity contribution is -0.116. The molecular formula is C19H19N5O4. The van der Waals surface area contributed by atoms with Gasteiger partial charge >= 0.3 is 0 Å². The molecule has 9 heteroatoms. The van der Waals surface area contributed by atoms with Crippen molar-refractivity contribution in [2.75, 3.05) is 5.32 Å². The number of hydrogen-bond acceptors (Lipinski definition) is 7. The highest BCUT2D eigenvalue weighted by atomic mass is 16.5. The number of carbonyl (C=O) groups is 1. The molecule has 0 aliphatic carbocycles.